The predicted octanol–water partition coefficient (Wildman–Crippen LogP) is 3.25. The van der Waals surface area contributed by atoms with Gasteiger partial charge in [-0.25, -0.2) is 0 Å². The van der Waals surface area contributed by atoms with Gasteiger partial charge < -0.3 is 9.84 Å². The van der Waals surface area contributed by atoms with Gasteiger partial charge in [0.2, 0.25) is 6.04 Å². The average molecular weight is 304 g/mol. The Balaban J connectivity index is 2.05. The van der Waals surface area contributed by atoms with Crippen LogP contribution in [0.4, 0.5) is 11.5 Å². The molecule has 0 saturated carbocycles. The molecule has 2 rings (SSSR count). The van der Waals surface area contributed by atoms with Crippen LogP contribution in [0.3, 0.4) is 0 Å². The summed E-state index contributed by atoms with van der Waals surface area (Å²) in [6, 6.07) is 8.58. The molecule has 1 amide bonds. The molecule has 0 aliphatic carbocycles. The zero-order chi connectivity index (χ0) is 15.2. The van der Waals surface area contributed by atoms with Crippen molar-refractivity contribution in [3.05, 3.63) is 41.1 Å². The number of hydrogen-bond donors (Lipinski definition) is 1. The molecule has 0 bridgehead atoms. The van der Waals surface area contributed by atoms with Crippen LogP contribution >= 0.6 is 11.6 Å². The summed E-state index contributed by atoms with van der Waals surface area (Å²) in [4.78, 5) is 11.8. The molecule has 7 nitrogen and oxygen atoms in total. The minimum absolute atomic E-state index is 0.218. The fourth-order valence-electron chi connectivity index (χ4n) is 1.42. The van der Waals surface area contributed by atoms with Crippen molar-refractivity contribution < 1.29 is 9.32 Å². The van der Waals surface area contributed by atoms with E-state index in [1.165, 1.54) is 6.07 Å². The van der Waals surface area contributed by atoms with Crippen molar-refractivity contribution in [2.75, 3.05) is 5.32 Å². The number of aromatic nitrogens is 1. The normalized spacial score (nSPS) is 12.0. The number of rotatable bonds is 4. The number of nitriles is 1. The van der Waals surface area contributed by atoms with E-state index < -0.39 is 11.9 Å². The highest BCUT2D eigenvalue weighted by Gasteiger charge is 2.18. The first kappa shape index (κ1) is 14.7. The quantitative estimate of drug-likeness (QED) is 0.875. The molecule has 0 spiro atoms. The lowest BCUT2D eigenvalue weighted by Crippen LogP contribution is -2.24. The second-order valence-electron chi connectivity index (χ2n) is 4.04. The maximum atomic E-state index is 11.8. The van der Waals surface area contributed by atoms with Gasteiger partial charge >= 0.3 is 0 Å². The number of nitrogens with zero attached hydrogens (tertiary/aromatic N) is 4. The van der Waals surface area contributed by atoms with E-state index in [2.05, 4.69) is 20.7 Å². The zero-order valence-corrected chi connectivity index (χ0v) is 11.7. The summed E-state index contributed by atoms with van der Waals surface area (Å²) < 4.78 is 4.80. The van der Waals surface area contributed by atoms with Gasteiger partial charge in [0.05, 0.1) is 5.69 Å². The second-order valence-corrected chi connectivity index (χ2v) is 4.48. The van der Waals surface area contributed by atoms with E-state index in [0.29, 0.717) is 16.5 Å². The fraction of sp³-hybridized carbons (Fsp3) is 0.154. The summed E-state index contributed by atoms with van der Waals surface area (Å²) in [7, 11) is 0. The third kappa shape index (κ3) is 4.12. The molecular weight excluding hydrogens is 294 g/mol. The third-order valence-corrected chi connectivity index (χ3v) is 2.58. The number of azo groups is 1. The molecule has 1 N–H and O–H groups in total. The Morgan fingerprint density at radius 1 is 1.52 bits per heavy atom. The van der Waals surface area contributed by atoms with Crippen molar-refractivity contribution in [1.82, 2.24) is 5.16 Å². The Labute approximate surface area is 125 Å². The van der Waals surface area contributed by atoms with Crippen LogP contribution < -0.4 is 5.32 Å². The van der Waals surface area contributed by atoms with Crippen LogP contribution in [0.15, 0.2) is 45.1 Å². The van der Waals surface area contributed by atoms with Crippen LogP contribution in [-0.2, 0) is 4.79 Å². The monoisotopic (exact) mass is 303 g/mol. The van der Waals surface area contributed by atoms with Gasteiger partial charge in [-0.05, 0) is 25.1 Å². The second kappa shape index (κ2) is 6.63. The summed E-state index contributed by atoms with van der Waals surface area (Å²) in [6.07, 6.45) is 0. The molecule has 1 atom stereocenters. The topological polar surface area (TPSA) is 104 Å². The average Bonchev–Trinajstić information content (AvgIpc) is 2.85. The Kier molecular flexibility index (Phi) is 4.64. The van der Waals surface area contributed by atoms with Gasteiger partial charge in [0.15, 0.2) is 5.82 Å². The van der Waals surface area contributed by atoms with E-state index in [0.717, 1.165) is 0 Å². The van der Waals surface area contributed by atoms with Gasteiger partial charge in [-0.2, -0.15) is 15.5 Å². The fourth-order valence-corrected chi connectivity index (χ4v) is 1.60. The predicted molar refractivity (Wildman–Crippen MR) is 75.2 cm³/mol. The van der Waals surface area contributed by atoms with Crippen LogP contribution in [0.25, 0.3) is 0 Å². The number of amides is 1. The Hall–Kier alpha value is -2.72. The lowest BCUT2D eigenvalue weighted by Gasteiger charge is -2.02. The molecule has 0 aliphatic rings. The Morgan fingerprint density at radius 3 is 2.95 bits per heavy atom. The van der Waals surface area contributed by atoms with Crippen molar-refractivity contribution in [3.63, 3.8) is 0 Å². The van der Waals surface area contributed by atoms with E-state index in [4.69, 9.17) is 21.4 Å². The van der Waals surface area contributed by atoms with Crippen LogP contribution in [0, 0.1) is 18.3 Å². The first-order valence-corrected chi connectivity index (χ1v) is 6.26. The Bertz CT molecular complexity index is 719. The molecule has 8 heteroatoms. The van der Waals surface area contributed by atoms with Gasteiger partial charge in [0.1, 0.15) is 11.8 Å². The number of aryl methyl sites for hydroxylation is 1. The number of hydrogen-bond acceptors (Lipinski definition) is 6. The van der Waals surface area contributed by atoms with E-state index in [9.17, 15) is 4.79 Å². The van der Waals surface area contributed by atoms with Crippen LogP contribution in [0.5, 0.6) is 0 Å². The molecule has 1 heterocycles. The molecule has 1 aromatic heterocycles. The van der Waals surface area contributed by atoms with Crippen molar-refractivity contribution in [1.29, 1.82) is 5.26 Å². The number of carbonyl (C=O) groups is 1. The lowest BCUT2D eigenvalue weighted by atomic mass is 10.3. The van der Waals surface area contributed by atoms with E-state index in [1.807, 2.05) is 0 Å². The molecule has 106 valence electrons. The summed E-state index contributed by atoms with van der Waals surface area (Å²) in [5.74, 6) is 0.117. The van der Waals surface area contributed by atoms with Gasteiger partial charge in [0.25, 0.3) is 5.91 Å². The molecule has 21 heavy (non-hydrogen) atoms. The number of anilines is 1. The summed E-state index contributed by atoms with van der Waals surface area (Å²) in [5, 5.41) is 23.0. The smallest absolute Gasteiger partial charge is 0.267 e. The molecule has 0 fully saturated rings. The SMILES string of the molecule is Cc1cc(NC(=O)C(C#N)N=Nc2cccc(Cl)c2)no1. The standard InChI is InChI=1S/C13H10ClN5O2/c1-8-5-12(19-21-8)16-13(20)11(7-15)18-17-10-4-2-3-9(14)6-10/h2-6,11H,1H3,(H,16,19,20). The first-order chi connectivity index (χ1) is 10.1. The summed E-state index contributed by atoms with van der Waals surface area (Å²) >= 11 is 5.80. The first-order valence-electron chi connectivity index (χ1n) is 5.88. The zero-order valence-electron chi connectivity index (χ0n) is 10.9. The van der Waals surface area contributed by atoms with E-state index in [-0.39, 0.29) is 5.82 Å². The lowest BCUT2D eigenvalue weighted by molar-refractivity contribution is -0.116. The van der Waals surface area contributed by atoms with Crippen LogP contribution in [0.1, 0.15) is 5.76 Å². The largest absolute Gasteiger partial charge is 0.360 e. The van der Waals surface area contributed by atoms with Gasteiger partial charge in [-0.15, -0.1) is 0 Å². The molecular formula is C13H10ClN5O2. The highest BCUT2D eigenvalue weighted by molar-refractivity contribution is 6.30. The van der Waals surface area contributed by atoms with Crippen LogP contribution in [-0.4, -0.2) is 17.1 Å². The molecule has 2 aromatic rings. The number of halogens is 1. The number of benzene rings is 1. The Morgan fingerprint density at radius 2 is 2.33 bits per heavy atom. The van der Waals surface area contributed by atoms with Gasteiger partial charge in [0, 0.05) is 11.1 Å². The van der Waals surface area contributed by atoms with Crippen molar-refractivity contribution in [2.45, 2.75) is 13.0 Å². The maximum Gasteiger partial charge on any atom is 0.267 e. The molecule has 1 unspecified atom stereocenters. The van der Waals surface area contributed by atoms with Crippen LogP contribution in [0.2, 0.25) is 5.02 Å². The maximum absolute atomic E-state index is 11.8. The minimum Gasteiger partial charge on any atom is -0.360 e. The van der Waals surface area contributed by atoms with Crippen molar-refractivity contribution >= 4 is 29.0 Å². The van der Waals surface area contributed by atoms with Gasteiger partial charge in [-0.1, -0.05) is 22.8 Å². The van der Waals surface area contributed by atoms with E-state index >= 15 is 0 Å². The van der Waals surface area contributed by atoms with Crippen molar-refractivity contribution in [3.8, 4) is 6.07 Å². The highest BCUT2D eigenvalue weighted by Crippen LogP contribution is 2.18. The third-order valence-electron chi connectivity index (χ3n) is 2.35. The summed E-state index contributed by atoms with van der Waals surface area (Å²) in [6.45, 7) is 1.68. The molecule has 1 aromatic carbocycles. The van der Waals surface area contributed by atoms with Crippen molar-refractivity contribution in [2.24, 2.45) is 10.2 Å². The molecule has 0 saturated heterocycles. The minimum atomic E-state index is -1.29. The highest BCUT2D eigenvalue weighted by atomic mass is 35.5. The number of nitrogens with one attached hydrogen (secondary N) is 1. The van der Waals surface area contributed by atoms with E-state index in [1.54, 1.807) is 37.3 Å². The molecule has 0 aliphatic heterocycles. The van der Waals surface area contributed by atoms with Gasteiger partial charge in [-0.3, -0.25) is 4.79 Å². The summed E-state index contributed by atoms with van der Waals surface area (Å²) in [5.41, 5.74) is 0.452. The molecule has 0 radical (unpaired) electrons. The number of carbonyl (C=O) groups excluding carboxylic acids is 1.